The first-order valence-corrected chi connectivity index (χ1v) is 13.7. The lowest BCUT2D eigenvalue weighted by Crippen LogP contribution is -2.38. The predicted octanol–water partition coefficient (Wildman–Crippen LogP) is 4.84. The summed E-state index contributed by atoms with van der Waals surface area (Å²) in [4.78, 5) is 38.5. The lowest BCUT2D eigenvalue weighted by molar-refractivity contribution is -0.144. The van der Waals surface area contributed by atoms with Gasteiger partial charge in [-0.05, 0) is 56.7 Å². The Morgan fingerprint density at radius 3 is 2.62 bits per heavy atom. The molecule has 4 aromatic rings. The fourth-order valence-electron chi connectivity index (χ4n) is 5.14. The van der Waals surface area contributed by atoms with Gasteiger partial charge in [0, 0.05) is 40.7 Å². The van der Waals surface area contributed by atoms with E-state index in [1.54, 1.807) is 54.8 Å². The molecule has 1 fully saturated rings. The monoisotopic (exact) mass is 562 g/mol. The summed E-state index contributed by atoms with van der Waals surface area (Å²) >= 11 is 6.37. The number of amides is 1. The van der Waals surface area contributed by atoms with E-state index in [1.807, 2.05) is 13.0 Å². The van der Waals surface area contributed by atoms with Gasteiger partial charge in [-0.2, -0.15) is 5.10 Å². The fraction of sp³-hybridized carbons (Fsp3) is 0.379. The number of carbonyl (C=O) groups is 2. The second-order valence-electron chi connectivity index (χ2n) is 9.87. The van der Waals surface area contributed by atoms with Gasteiger partial charge in [0.2, 0.25) is 5.88 Å². The number of pyridine rings is 1. The van der Waals surface area contributed by atoms with Gasteiger partial charge in [-0.3, -0.25) is 24.2 Å². The van der Waals surface area contributed by atoms with Crippen molar-refractivity contribution in [1.82, 2.24) is 30.0 Å². The Bertz CT molecular complexity index is 1500. The molecule has 0 bridgehead atoms. The number of halogens is 1. The molecular formula is C29H31ClN6O4. The minimum atomic E-state index is -0.198. The van der Waals surface area contributed by atoms with Crippen molar-refractivity contribution in [3.05, 3.63) is 65.3 Å². The number of nitrogens with one attached hydrogen (secondary N) is 1. The van der Waals surface area contributed by atoms with E-state index in [0.717, 1.165) is 36.6 Å². The molecule has 0 spiro atoms. The zero-order chi connectivity index (χ0) is 28.1. The highest BCUT2D eigenvalue weighted by molar-refractivity contribution is 6.32. The Kier molecular flexibility index (Phi) is 8.54. The average molecular weight is 563 g/mol. The van der Waals surface area contributed by atoms with Crippen LogP contribution in [0.3, 0.4) is 0 Å². The molecule has 1 aliphatic rings. The van der Waals surface area contributed by atoms with Crippen molar-refractivity contribution in [1.29, 1.82) is 0 Å². The van der Waals surface area contributed by atoms with Gasteiger partial charge in [-0.1, -0.05) is 11.6 Å². The van der Waals surface area contributed by atoms with E-state index in [-0.39, 0.29) is 17.9 Å². The van der Waals surface area contributed by atoms with Crippen LogP contribution in [-0.2, 0) is 16.1 Å². The molecule has 1 amide bonds. The van der Waals surface area contributed by atoms with Crippen molar-refractivity contribution < 1.29 is 19.1 Å². The Hall–Kier alpha value is -4.05. The van der Waals surface area contributed by atoms with Crippen LogP contribution in [0.5, 0.6) is 5.88 Å². The summed E-state index contributed by atoms with van der Waals surface area (Å²) in [6.45, 7) is 2.54. The van der Waals surface area contributed by atoms with E-state index in [9.17, 15) is 9.59 Å². The van der Waals surface area contributed by atoms with Gasteiger partial charge in [0.25, 0.3) is 5.91 Å². The van der Waals surface area contributed by atoms with Gasteiger partial charge in [0.15, 0.2) is 0 Å². The molecule has 0 unspecified atom stereocenters. The van der Waals surface area contributed by atoms with Crippen molar-refractivity contribution in [3.63, 3.8) is 0 Å². The third-order valence-corrected chi connectivity index (χ3v) is 7.36. The second kappa shape index (κ2) is 12.4. The molecule has 0 radical (unpaired) electrons. The van der Waals surface area contributed by atoms with E-state index >= 15 is 0 Å². The van der Waals surface area contributed by atoms with E-state index in [0.29, 0.717) is 58.9 Å². The van der Waals surface area contributed by atoms with Crippen LogP contribution in [0.1, 0.15) is 55.1 Å². The summed E-state index contributed by atoms with van der Waals surface area (Å²) in [5.41, 5.74) is 3.37. The van der Waals surface area contributed by atoms with E-state index in [1.165, 1.54) is 0 Å². The van der Waals surface area contributed by atoms with Crippen molar-refractivity contribution >= 4 is 34.4 Å². The van der Waals surface area contributed by atoms with Crippen LogP contribution >= 0.6 is 11.6 Å². The van der Waals surface area contributed by atoms with Gasteiger partial charge < -0.3 is 14.8 Å². The number of hydrogen-bond donors (Lipinski definition) is 1. The number of rotatable bonds is 9. The molecule has 208 valence electrons. The molecule has 1 aromatic carbocycles. The topological polar surface area (TPSA) is 121 Å². The molecule has 0 saturated heterocycles. The van der Waals surface area contributed by atoms with Crippen LogP contribution in [0.15, 0.2) is 49.1 Å². The molecule has 11 heteroatoms. The Morgan fingerprint density at radius 1 is 1.07 bits per heavy atom. The van der Waals surface area contributed by atoms with Crippen molar-refractivity contribution in [2.75, 3.05) is 13.7 Å². The largest absolute Gasteiger partial charge is 0.481 e. The number of methoxy groups -OCH3 is 1. The van der Waals surface area contributed by atoms with Gasteiger partial charge in [0.05, 0.1) is 61.3 Å². The first-order valence-electron chi connectivity index (χ1n) is 13.4. The summed E-state index contributed by atoms with van der Waals surface area (Å²) in [6, 6.07) is 7.14. The normalized spacial score (nSPS) is 17.0. The van der Waals surface area contributed by atoms with Crippen molar-refractivity contribution in [2.45, 2.75) is 51.6 Å². The van der Waals surface area contributed by atoms with Crippen molar-refractivity contribution in [2.24, 2.45) is 5.92 Å². The summed E-state index contributed by atoms with van der Waals surface area (Å²) < 4.78 is 12.0. The van der Waals surface area contributed by atoms with Crippen LogP contribution in [0.25, 0.3) is 22.2 Å². The lowest BCUT2D eigenvalue weighted by Gasteiger charge is -2.28. The Balaban J connectivity index is 1.29. The summed E-state index contributed by atoms with van der Waals surface area (Å²) in [7, 11) is 1.57. The first-order chi connectivity index (χ1) is 19.4. The molecular weight excluding hydrogens is 532 g/mol. The maximum absolute atomic E-state index is 13.5. The molecule has 0 aliphatic heterocycles. The number of carbonyl (C=O) groups excluding carboxylic acids is 2. The van der Waals surface area contributed by atoms with Gasteiger partial charge in [0.1, 0.15) is 0 Å². The molecule has 3 heterocycles. The number of aromatic nitrogens is 5. The van der Waals surface area contributed by atoms with Gasteiger partial charge >= 0.3 is 5.97 Å². The third-order valence-electron chi connectivity index (χ3n) is 7.14. The number of hydrogen-bond acceptors (Lipinski definition) is 8. The fourth-order valence-corrected chi connectivity index (χ4v) is 5.37. The summed E-state index contributed by atoms with van der Waals surface area (Å²) in [5, 5.41) is 8.92. The zero-order valence-corrected chi connectivity index (χ0v) is 23.2. The number of nitrogens with zero attached hydrogens (tertiary/aromatic N) is 5. The molecule has 0 atom stereocenters. The van der Waals surface area contributed by atoms with E-state index < -0.39 is 0 Å². The number of ether oxygens (including phenoxy) is 2. The lowest BCUT2D eigenvalue weighted by atomic mass is 9.84. The third kappa shape index (κ3) is 6.39. The van der Waals surface area contributed by atoms with Crippen LogP contribution in [0.2, 0.25) is 5.02 Å². The molecule has 1 N–H and O–H groups in total. The maximum Gasteiger partial charge on any atom is 0.306 e. The van der Waals surface area contributed by atoms with Gasteiger partial charge in [-0.15, -0.1) is 0 Å². The van der Waals surface area contributed by atoms with Crippen molar-refractivity contribution in [3.8, 4) is 17.1 Å². The average Bonchev–Trinajstić information content (AvgIpc) is 3.36. The molecule has 40 heavy (non-hydrogen) atoms. The Labute approximate surface area is 237 Å². The minimum Gasteiger partial charge on any atom is -0.481 e. The highest BCUT2D eigenvalue weighted by atomic mass is 35.5. The summed E-state index contributed by atoms with van der Waals surface area (Å²) in [5.74, 6) is 0.442. The maximum atomic E-state index is 13.5. The van der Waals surface area contributed by atoms with Crippen LogP contribution in [0, 0.1) is 5.92 Å². The Morgan fingerprint density at radius 2 is 1.90 bits per heavy atom. The molecule has 1 saturated carbocycles. The van der Waals surface area contributed by atoms with Crippen LogP contribution in [-0.4, -0.2) is 56.4 Å². The summed E-state index contributed by atoms with van der Waals surface area (Å²) in [6.07, 6.45) is 10.5. The van der Waals surface area contributed by atoms with E-state index in [2.05, 4.69) is 25.4 Å². The standard InChI is InChI=1S/C29H31ClN6O4/c1-3-40-27(37)10-18-4-6-22(7-5-18)35-29(38)24-13-21(30)11-20-14-34-36(28(20)24)17-23-15-33-25(16-32-23)19-8-9-31-26(12-19)39-2/h8-9,11-16,18,22H,3-7,10,17H2,1-2H3,(H,35,38). The van der Waals surface area contributed by atoms with Crippen LogP contribution in [0.4, 0.5) is 0 Å². The number of fused-ring (bicyclic) bond motifs is 1. The quantitative estimate of drug-likeness (QED) is 0.288. The van der Waals surface area contributed by atoms with Gasteiger partial charge in [-0.25, -0.2) is 4.98 Å². The highest BCUT2D eigenvalue weighted by Gasteiger charge is 2.26. The molecule has 3 aromatic heterocycles. The van der Waals surface area contributed by atoms with E-state index in [4.69, 9.17) is 21.1 Å². The number of esters is 1. The molecule has 5 rings (SSSR count). The molecule has 10 nitrogen and oxygen atoms in total. The number of benzene rings is 1. The molecule has 1 aliphatic carbocycles. The smallest absolute Gasteiger partial charge is 0.306 e. The van der Waals surface area contributed by atoms with Crippen LogP contribution < -0.4 is 10.1 Å². The SMILES string of the molecule is CCOC(=O)CC1CCC(NC(=O)c2cc(Cl)cc3cnn(Cc4cnc(-c5ccnc(OC)c5)cn4)c23)CC1. The second-order valence-corrected chi connectivity index (χ2v) is 10.3. The predicted molar refractivity (Wildman–Crippen MR) is 150 cm³/mol. The first kappa shape index (κ1) is 27.5. The minimum absolute atomic E-state index is 0.0292. The zero-order valence-electron chi connectivity index (χ0n) is 22.5. The highest BCUT2D eigenvalue weighted by Crippen LogP contribution is 2.29.